The Morgan fingerprint density at radius 3 is 2.21 bits per heavy atom. The highest BCUT2D eigenvalue weighted by atomic mass is 16.3. The molecule has 0 saturated heterocycles. The van der Waals surface area contributed by atoms with Crippen LogP contribution in [0.5, 0.6) is 0 Å². The molecule has 1 N–H and O–H groups in total. The van der Waals surface area contributed by atoms with Gasteiger partial charge in [-0.05, 0) is 30.2 Å². The van der Waals surface area contributed by atoms with Gasteiger partial charge in [0.05, 0.1) is 5.60 Å². The molecule has 1 nitrogen and oxygen atoms in total. The molecule has 1 aromatic carbocycles. The average Bonchev–Trinajstić information content (AvgIpc) is 2.44. The highest BCUT2D eigenvalue weighted by molar-refractivity contribution is 5.24. The van der Waals surface area contributed by atoms with Crippen molar-refractivity contribution < 1.29 is 5.11 Å². The Morgan fingerprint density at radius 2 is 1.71 bits per heavy atom. The summed E-state index contributed by atoms with van der Waals surface area (Å²) in [6, 6.07) is 10.0. The van der Waals surface area contributed by atoms with E-state index in [1.807, 2.05) is 30.3 Å². The minimum absolute atomic E-state index is 0.282. The fourth-order valence-electron chi connectivity index (χ4n) is 2.51. The van der Waals surface area contributed by atoms with Gasteiger partial charge in [-0.3, -0.25) is 0 Å². The van der Waals surface area contributed by atoms with Crippen molar-refractivity contribution in [2.75, 3.05) is 0 Å². The minimum atomic E-state index is -0.579. The van der Waals surface area contributed by atoms with Crippen LogP contribution >= 0.6 is 0 Å². The Bertz CT molecular complexity index is 315. The predicted octanol–water partition coefficient (Wildman–Crippen LogP) is 3.08. The van der Waals surface area contributed by atoms with E-state index in [0.717, 1.165) is 24.8 Å². The number of aliphatic hydroxyl groups is 1. The summed E-state index contributed by atoms with van der Waals surface area (Å²) >= 11 is 0. The molecule has 1 heteroatoms. The monoisotopic (exact) mass is 190 g/mol. The molecule has 0 radical (unpaired) electrons. The summed E-state index contributed by atoms with van der Waals surface area (Å²) in [5.74, 6) is 0. The SMILES string of the molecule is CC1(C)CC[C@](O)(c2ccccc2)C1. The topological polar surface area (TPSA) is 20.2 Å². The molecule has 1 saturated carbocycles. The van der Waals surface area contributed by atoms with Crippen molar-refractivity contribution in [3.63, 3.8) is 0 Å². The smallest absolute Gasteiger partial charge is 0.0901 e. The van der Waals surface area contributed by atoms with Crippen LogP contribution in [0.15, 0.2) is 30.3 Å². The third-order valence-electron chi connectivity index (χ3n) is 3.30. The molecule has 0 heterocycles. The van der Waals surface area contributed by atoms with E-state index < -0.39 is 5.60 Å². The second-order valence-electron chi connectivity index (χ2n) is 5.24. The normalized spacial score (nSPS) is 30.5. The zero-order chi connectivity index (χ0) is 10.2. The van der Waals surface area contributed by atoms with Crippen molar-refractivity contribution in [3.8, 4) is 0 Å². The highest BCUT2D eigenvalue weighted by Gasteiger charge is 2.42. The van der Waals surface area contributed by atoms with Gasteiger partial charge in [0.1, 0.15) is 0 Å². The van der Waals surface area contributed by atoms with E-state index in [0.29, 0.717) is 0 Å². The molecule has 0 aliphatic heterocycles. The third kappa shape index (κ3) is 1.69. The van der Waals surface area contributed by atoms with E-state index in [9.17, 15) is 5.11 Å². The van der Waals surface area contributed by atoms with Crippen LogP contribution in [0.4, 0.5) is 0 Å². The standard InChI is InChI=1S/C13H18O/c1-12(2)8-9-13(14,10-12)11-6-4-3-5-7-11/h3-7,14H,8-10H2,1-2H3/t13-/m1/s1. The Kier molecular flexibility index (Phi) is 2.15. The Morgan fingerprint density at radius 1 is 1.07 bits per heavy atom. The van der Waals surface area contributed by atoms with E-state index in [1.165, 1.54) is 0 Å². The first-order valence-corrected chi connectivity index (χ1v) is 5.30. The lowest BCUT2D eigenvalue weighted by molar-refractivity contribution is 0.0338. The summed E-state index contributed by atoms with van der Waals surface area (Å²) in [5, 5.41) is 10.5. The molecule has 0 spiro atoms. The van der Waals surface area contributed by atoms with E-state index in [-0.39, 0.29) is 5.41 Å². The number of rotatable bonds is 1. The van der Waals surface area contributed by atoms with E-state index in [2.05, 4.69) is 13.8 Å². The van der Waals surface area contributed by atoms with Gasteiger partial charge in [-0.1, -0.05) is 44.2 Å². The second kappa shape index (κ2) is 3.09. The Hall–Kier alpha value is -0.820. The van der Waals surface area contributed by atoms with Crippen LogP contribution in [-0.4, -0.2) is 5.11 Å². The van der Waals surface area contributed by atoms with Crippen LogP contribution in [0, 0.1) is 5.41 Å². The molecule has 0 aromatic heterocycles. The molecule has 1 aliphatic rings. The van der Waals surface area contributed by atoms with Crippen molar-refractivity contribution in [3.05, 3.63) is 35.9 Å². The van der Waals surface area contributed by atoms with Crippen LogP contribution in [0.3, 0.4) is 0 Å². The molecule has 0 bridgehead atoms. The van der Waals surface area contributed by atoms with Crippen molar-refractivity contribution in [1.82, 2.24) is 0 Å². The van der Waals surface area contributed by atoms with Crippen LogP contribution in [0.25, 0.3) is 0 Å². The first-order valence-electron chi connectivity index (χ1n) is 5.30. The van der Waals surface area contributed by atoms with Crippen molar-refractivity contribution in [1.29, 1.82) is 0 Å². The van der Waals surface area contributed by atoms with E-state index >= 15 is 0 Å². The average molecular weight is 190 g/mol. The van der Waals surface area contributed by atoms with E-state index in [4.69, 9.17) is 0 Å². The van der Waals surface area contributed by atoms with Gasteiger partial charge in [0.15, 0.2) is 0 Å². The van der Waals surface area contributed by atoms with Gasteiger partial charge < -0.3 is 5.11 Å². The lowest BCUT2D eigenvalue weighted by atomic mass is 9.86. The Balaban J connectivity index is 2.27. The first kappa shape index (κ1) is 9.72. The molecule has 14 heavy (non-hydrogen) atoms. The van der Waals surface area contributed by atoms with Crippen LogP contribution in [0.1, 0.15) is 38.7 Å². The molecule has 1 fully saturated rings. The molecule has 0 unspecified atom stereocenters. The lowest BCUT2D eigenvalue weighted by Gasteiger charge is -2.25. The maximum absolute atomic E-state index is 10.5. The summed E-state index contributed by atoms with van der Waals surface area (Å²) < 4.78 is 0. The number of benzene rings is 1. The maximum Gasteiger partial charge on any atom is 0.0901 e. The molecule has 1 atom stereocenters. The summed E-state index contributed by atoms with van der Waals surface area (Å²) in [7, 11) is 0. The highest BCUT2D eigenvalue weighted by Crippen LogP contribution is 2.48. The van der Waals surface area contributed by atoms with Crippen molar-refractivity contribution in [2.24, 2.45) is 5.41 Å². The quantitative estimate of drug-likeness (QED) is 0.721. The minimum Gasteiger partial charge on any atom is -0.385 e. The Labute approximate surface area is 85.8 Å². The molecular formula is C13H18O. The fourth-order valence-corrected chi connectivity index (χ4v) is 2.51. The zero-order valence-electron chi connectivity index (χ0n) is 8.96. The summed E-state index contributed by atoms with van der Waals surface area (Å²) in [6.45, 7) is 4.46. The summed E-state index contributed by atoms with van der Waals surface area (Å²) in [4.78, 5) is 0. The van der Waals surface area contributed by atoms with Gasteiger partial charge in [0, 0.05) is 0 Å². The lowest BCUT2D eigenvalue weighted by Crippen LogP contribution is -2.23. The zero-order valence-corrected chi connectivity index (χ0v) is 8.96. The third-order valence-corrected chi connectivity index (χ3v) is 3.30. The van der Waals surface area contributed by atoms with Gasteiger partial charge in [0.25, 0.3) is 0 Å². The van der Waals surface area contributed by atoms with Gasteiger partial charge in [-0.15, -0.1) is 0 Å². The van der Waals surface area contributed by atoms with Gasteiger partial charge in [0.2, 0.25) is 0 Å². The summed E-state index contributed by atoms with van der Waals surface area (Å²) in [5.41, 5.74) is 0.778. The molecular weight excluding hydrogens is 172 g/mol. The van der Waals surface area contributed by atoms with Crippen molar-refractivity contribution >= 4 is 0 Å². The second-order valence-corrected chi connectivity index (χ2v) is 5.24. The molecule has 2 rings (SSSR count). The molecule has 1 aliphatic carbocycles. The number of hydrogen-bond acceptors (Lipinski definition) is 1. The van der Waals surface area contributed by atoms with Gasteiger partial charge >= 0.3 is 0 Å². The van der Waals surface area contributed by atoms with Crippen LogP contribution in [0.2, 0.25) is 0 Å². The molecule has 0 amide bonds. The van der Waals surface area contributed by atoms with Crippen LogP contribution < -0.4 is 0 Å². The summed E-state index contributed by atoms with van der Waals surface area (Å²) in [6.07, 6.45) is 2.88. The fraction of sp³-hybridized carbons (Fsp3) is 0.538. The maximum atomic E-state index is 10.5. The molecule has 76 valence electrons. The van der Waals surface area contributed by atoms with Crippen molar-refractivity contribution in [2.45, 2.75) is 38.7 Å². The van der Waals surface area contributed by atoms with Gasteiger partial charge in [-0.25, -0.2) is 0 Å². The van der Waals surface area contributed by atoms with Crippen LogP contribution in [-0.2, 0) is 5.60 Å². The van der Waals surface area contributed by atoms with E-state index in [1.54, 1.807) is 0 Å². The number of hydrogen-bond donors (Lipinski definition) is 1. The predicted molar refractivity (Wildman–Crippen MR) is 58.0 cm³/mol. The molecule has 1 aromatic rings. The largest absolute Gasteiger partial charge is 0.385 e. The first-order chi connectivity index (χ1) is 6.52. The van der Waals surface area contributed by atoms with Gasteiger partial charge in [-0.2, -0.15) is 0 Å².